The summed E-state index contributed by atoms with van der Waals surface area (Å²) >= 11 is 1.47. The third kappa shape index (κ3) is 2.56. The van der Waals surface area contributed by atoms with Crippen molar-refractivity contribution < 1.29 is 4.79 Å². The average Bonchev–Trinajstić information content (AvgIpc) is 2.82. The number of aromatic nitrogens is 1. The molecule has 0 aliphatic rings. The molecule has 0 aliphatic heterocycles. The summed E-state index contributed by atoms with van der Waals surface area (Å²) in [6.07, 6.45) is 0.418. The van der Waals surface area contributed by atoms with E-state index < -0.39 is 0 Å². The van der Waals surface area contributed by atoms with Crippen molar-refractivity contribution in [2.45, 2.75) is 13.3 Å². The normalized spacial score (nSPS) is 10.8. The van der Waals surface area contributed by atoms with Gasteiger partial charge in [0.05, 0.1) is 10.2 Å². The van der Waals surface area contributed by atoms with Crippen molar-refractivity contribution in [1.82, 2.24) is 4.98 Å². The molecule has 0 saturated heterocycles. The van der Waals surface area contributed by atoms with Crippen LogP contribution in [0.25, 0.3) is 10.2 Å². The minimum atomic E-state index is 0.0896. The third-order valence-corrected chi connectivity index (χ3v) is 4.06. The van der Waals surface area contributed by atoms with E-state index in [-0.39, 0.29) is 5.78 Å². The molecule has 0 unspecified atom stereocenters. The summed E-state index contributed by atoms with van der Waals surface area (Å²) < 4.78 is 1.06. The molecule has 0 fully saturated rings. The number of Topliss-reactive ketones (excluding diaryl/α,β-unsaturated/α-hetero) is 1. The number of para-hydroxylation sites is 1. The van der Waals surface area contributed by atoms with Gasteiger partial charge >= 0.3 is 0 Å². The van der Waals surface area contributed by atoms with E-state index in [0.717, 1.165) is 15.8 Å². The Morgan fingerprint density at radius 1 is 1.16 bits per heavy atom. The van der Waals surface area contributed by atoms with Gasteiger partial charge in [-0.2, -0.15) is 0 Å². The number of hydrogen-bond acceptors (Lipinski definition) is 3. The summed E-state index contributed by atoms with van der Waals surface area (Å²) in [4.78, 5) is 16.6. The van der Waals surface area contributed by atoms with Crippen LogP contribution >= 0.6 is 11.3 Å². The van der Waals surface area contributed by atoms with Gasteiger partial charge in [-0.3, -0.25) is 4.79 Å². The predicted molar refractivity (Wildman–Crippen MR) is 78.8 cm³/mol. The number of aryl methyl sites for hydroxylation is 1. The molecule has 0 bridgehead atoms. The van der Waals surface area contributed by atoms with Gasteiger partial charge < -0.3 is 0 Å². The number of nitrogens with zero attached hydrogens (tertiary/aromatic N) is 1. The predicted octanol–water partition coefficient (Wildman–Crippen LogP) is 4.03. The Kier molecular flexibility index (Phi) is 3.13. The van der Waals surface area contributed by atoms with Gasteiger partial charge in [-0.05, 0) is 24.6 Å². The molecule has 1 aromatic heterocycles. The molecule has 0 aliphatic carbocycles. The van der Waals surface area contributed by atoms with Crippen molar-refractivity contribution in [2.75, 3.05) is 0 Å². The second-order valence-corrected chi connectivity index (χ2v) is 5.61. The van der Waals surface area contributed by atoms with E-state index in [2.05, 4.69) is 4.98 Å². The van der Waals surface area contributed by atoms with Gasteiger partial charge in [0.2, 0.25) is 0 Å². The Labute approximate surface area is 115 Å². The van der Waals surface area contributed by atoms with Gasteiger partial charge in [-0.15, -0.1) is 11.3 Å². The Bertz CT molecular complexity index is 712. The summed E-state index contributed by atoms with van der Waals surface area (Å²) in [7, 11) is 0. The molecule has 0 spiro atoms. The van der Waals surface area contributed by atoms with E-state index in [1.165, 1.54) is 16.9 Å². The molecule has 0 saturated carbocycles. The zero-order chi connectivity index (χ0) is 13.2. The quantitative estimate of drug-likeness (QED) is 0.671. The van der Waals surface area contributed by atoms with Crippen molar-refractivity contribution in [2.24, 2.45) is 0 Å². The van der Waals surface area contributed by atoms with Crippen molar-refractivity contribution in [3.05, 3.63) is 64.7 Å². The number of ketones is 1. The number of hydrogen-bond donors (Lipinski definition) is 0. The van der Waals surface area contributed by atoms with E-state index in [1.54, 1.807) is 0 Å². The van der Waals surface area contributed by atoms with E-state index in [1.807, 2.05) is 55.5 Å². The molecule has 94 valence electrons. The maximum Gasteiger partial charge on any atom is 0.195 e. The van der Waals surface area contributed by atoms with Gasteiger partial charge in [0.25, 0.3) is 0 Å². The number of carbonyl (C=O) groups is 1. The van der Waals surface area contributed by atoms with Crippen molar-refractivity contribution in [3.8, 4) is 0 Å². The standard InChI is InChI=1S/C16H13NOS/c1-11-5-4-6-12(9-11)10-14(18)16-17-13-7-2-3-8-15(13)19-16/h2-9H,10H2,1H3. The SMILES string of the molecule is Cc1cccc(CC(=O)c2nc3ccccc3s2)c1. The fraction of sp³-hybridized carbons (Fsp3) is 0.125. The molecular formula is C16H13NOS. The van der Waals surface area contributed by atoms with Crippen LogP contribution < -0.4 is 0 Å². The highest BCUT2D eigenvalue weighted by Gasteiger charge is 2.12. The first-order chi connectivity index (χ1) is 9.22. The fourth-order valence-electron chi connectivity index (χ4n) is 2.07. The molecule has 3 heteroatoms. The van der Waals surface area contributed by atoms with Crippen LogP contribution in [0.3, 0.4) is 0 Å². The minimum absolute atomic E-state index is 0.0896. The summed E-state index contributed by atoms with van der Waals surface area (Å²) in [5.41, 5.74) is 3.12. The average molecular weight is 267 g/mol. The second-order valence-electron chi connectivity index (χ2n) is 4.58. The van der Waals surface area contributed by atoms with Gasteiger partial charge in [0.1, 0.15) is 0 Å². The highest BCUT2D eigenvalue weighted by molar-refractivity contribution is 7.20. The molecule has 0 atom stereocenters. The van der Waals surface area contributed by atoms with Crippen molar-refractivity contribution in [3.63, 3.8) is 0 Å². The molecule has 3 rings (SSSR count). The lowest BCUT2D eigenvalue weighted by Crippen LogP contribution is -2.02. The Balaban J connectivity index is 1.87. The minimum Gasteiger partial charge on any atom is -0.291 e. The molecule has 0 amide bonds. The van der Waals surface area contributed by atoms with Crippen LogP contribution in [0.4, 0.5) is 0 Å². The number of thiazole rings is 1. The summed E-state index contributed by atoms with van der Waals surface area (Å²) in [6.45, 7) is 2.03. The second kappa shape index (κ2) is 4.94. The lowest BCUT2D eigenvalue weighted by atomic mass is 10.1. The molecule has 2 aromatic carbocycles. The maximum atomic E-state index is 12.2. The monoisotopic (exact) mass is 267 g/mol. The number of benzene rings is 2. The Hall–Kier alpha value is -2.00. The van der Waals surface area contributed by atoms with Gasteiger partial charge in [0.15, 0.2) is 10.8 Å². The summed E-state index contributed by atoms with van der Waals surface area (Å²) in [5, 5.41) is 0.600. The van der Waals surface area contributed by atoms with Gasteiger partial charge in [-0.1, -0.05) is 42.0 Å². The molecule has 0 N–H and O–H groups in total. The fourth-order valence-corrected chi connectivity index (χ4v) is 2.98. The molecule has 2 nitrogen and oxygen atoms in total. The number of rotatable bonds is 3. The van der Waals surface area contributed by atoms with Crippen LogP contribution in [0, 0.1) is 6.92 Å². The summed E-state index contributed by atoms with van der Waals surface area (Å²) in [6, 6.07) is 15.9. The van der Waals surface area contributed by atoms with Crippen LogP contribution in [0.15, 0.2) is 48.5 Å². The smallest absolute Gasteiger partial charge is 0.195 e. The first-order valence-electron chi connectivity index (χ1n) is 6.17. The molecule has 1 heterocycles. The summed E-state index contributed by atoms with van der Waals surface area (Å²) in [5.74, 6) is 0.0896. The third-order valence-electron chi connectivity index (χ3n) is 2.98. The van der Waals surface area contributed by atoms with Crippen LogP contribution in [-0.4, -0.2) is 10.8 Å². The van der Waals surface area contributed by atoms with Crippen LogP contribution in [-0.2, 0) is 6.42 Å². The largest absolute Gasteiger partial charge is 0.291 e. The van der Waals surface area contributed by atoms with Crippen molar-refractivity contribution >= 4 is 27.3 Å². The van der Waals surface area contributed by atoms with Crippen LogP contribution in [0.2, 0.25) is 0 Å². The maximum absolute atomic E-state index is 12.2. The van der Waals surface area contributed by atoms with E-state index >= 15 is 0 Å². The van der Waals surface area contributed by atoms with Crippen molar-refractivity contribution in [1.29, 1.82) is 0 Å². The highest BCUT2D eigenvalue weighted by atomic mass is 32.1. The van der Waals surface area contributed by atoms with Crippen LogP contribution in [0.1, 0.15) is 20.9 Å². The first kappa shape index (κ1) is 12.1. The lowest BCUT2D eigenvalue weighted by Gasteiger charge is -1.99. The zero-order valence-corrected chi connectivity index (χ0v) is 11.4. The zero-order valence-electron chi connectivity index (χ0n) is 10.6. The number of carbonyl (C=O) groups excluding carboxylic acids is 1. The van der Waals surface area contributed by atoms with E-state index in [0.29, 0.717) is 11.4 Å². The Morgan fingerprint density at radius 3 is 2.79 bits per heavy atom. The van der Waals surface area contributed by atoms with E-state index in [9.17, 15) is 4.79 Å². The van der Waals surface area contributed by atoms with Gasteiger partial charge in [-0.25, -0.2) is 4.98 Å². The number of fused-ring (bicyclic) bond motifs is 1. The van der Waals surface area contributed by atoms with E-state index in [4.69, 9.17) is 0 Å². The molecule has 3 aromatic rings. The van der Waals surface area contributed by atoms with Gasteiger partial charge in [0, 0.05) is 6.42 Å². The highest BCUT2D eigenvalue weighted by Crippen LogP contribution is 2.22. The van der Waals surface area contributed by atoms with Crippen LogP contribution in [0.5, 0.6) is 0 Å². The molecular weight excluding hydrogens is 254 g/mol. The molecule has 0 radical (unpaired) electrons. The molecule has 19 heavy (non-hydrogen) atoms. The first-order valence-corrected chi connectivity index (χ1v) is 6.98. The lowest BCUT2D eigenvalue weighted by molar-refractivity contribution is 0.0993. The topological polar surface area (TPSA) is 30.0 Å². The Morgan fingerprint density at radius 2 is 2.00 bits per heavy atom.